The predicted octanol–water partition coefficient (Wildman–Crippen LogP) is -0.761. The van der Waals surface area contributed by atoms with Gasteiger partial charge in [0.15, 0.2) is 5.82 Å². The molecular weight excluding hydrogens is 170 g/mol. The Bertz CT molecular complexity index is 272. The van der Waals surface area contributed by atoms with E-state index in [4.69, 9.17) is 5.73 Å². The zero-order valence-corrected chi connectivity index (χ0v) is 7.86. The molecule has 0 spiro atoms. The largest absolute Gasteiger partial charge is 0.385 e. The van der Waals surface area contributed by atoms with Gasteiger partial charge in [0, 0.05) is 14.1 Å². The Balaban J connectivity index is 2.82. The Morgan fingerprint density at radius 2 is 2.31 bits per heavy atom. The number of nitrogens with one attached hydrogen (secondary N) is 1. The van der Waals surface area contributed by atoms with E-state index >= 15 is 0 Å². The first-order valence-electron chi connectivity index (χ1n) is 4.16. The van der Waals surface area contributed by atoms with E-state index in [1.807, 2.05) is 0 Å². The summed E-state index contributed by atoms with van der Waals surface area (Å²) in [4.78, 5) is 0. The van der Waals surface area contributed by atoms with Crippen molar-refractivity contribution in [3.05, 3.63) is 5.82 Å². The molecule has 6 nitrogen and oxygen atoms in total. The van der Waals surface area contributed by atoms with Crippen LogP contribution in [0, 0.1) is 0 Å². The zero-order valence-electron chi connectivity index (χ0n) is 7.86. The van der Waals surface area contributed by atoms with Gasteiger partial charge in [-0.3, -0.25) is 4.57 Å². The Labute approximate surface area is 76.8 Å². The average molecular weight is 185 g/mol. The van der Waals surface area contributed by atoms with E-state index in [-0.39, 0.29) is 0 Å². The third-order valence-electron chi connectivity index (χ3n) is 1.87. The van der Waals surface area contributed by atoms with Gasteiger partial charge in [0.2, 0.25) is 5.95 Å². The highest BCUT2D eigenvalue weighted by atomic mass is 16.3. The summed E-state index contributed by atoms with van der Waals surface area (Å²) in [6, 6.07) is 0. The van der Waals surface area contributed by atoms with Crippen LogP contribution in [0.5, 0.6) is 0 Å². The third kappa shape index (κ3) is 1.96. The van der Waals surface area contributed by atoms with Crippen molar-refractivity contribution < 1.29 is 5.11 Å². The number of rotatable bonds is 4. The number of aliphatic hydroxyl groups is 1. The van der Waals surface area contributed by atoms with Gasteiger partial charge in [0.05, 0.1) is 0 Å². The summed E-state index contributed by atoms with van der Waals surface area (Å²) in [5.41, 5.74) is 5.32. The molecule has 13 heavy (non-hydrogen) atoms. The topological polar surface area (TPSA) is 89.0 Å². The minimum atomic E-state index is -0.635. The summed E-state index contributed by atoms with van der Waals surface area (Å²) in [6.45, 7) is 0.433. The fourth-order valence-corrected chi connectivity index (χ4v) is 1.14. The summed E-state index contributed by atoms with van der Waals surface area (Å²) >= 11 is 0. The average Bonchev–Trinajstić information content (AvgIpc) is 2.47. The van der Waals surface area contributed by atoms with Crippen LogP contribution >= 0.6 is 0 Å². The molecule has 0 fully saturated rings. The molecular formula is C7H15N5O. The summed E-state index contributed by atoms with van der Waals surface area (Å²) in [5.74, 6) is 1.17. The van der Waals surface area contributed by atoms with Gasteiger partial charge in [-0.15, -0.1) is 10.2 Å². The second-order valence-corrected chi connectivity index (χ2v) is 2.78. The normalized spacial score (nSPS) is 12.9. The van der Waals surface area contributed by atoms with Gasteiger partial charge in [-0.25, -0.2) is 0 Å². The molecule has 1 aromatic heterocycles. The number of aromatic nitrogens is 3. The molecule has 0 saturated carbocycles. The molecule has 0 saturated heterocycles. The van der Waals surface area contributed by atoms with Crippen molar-refractivity contribution >= 4 is 5.95 Å². The lowest BCUT2D eigenvalue weighted by atomic mass is 10.2. The van der Waals surface area contributed by atoms with E-state index < -0.39 is 6.10 Å². The third-order valence-corrected chi connectivity index (χ3v) is 1.87. The monoisotopic (exact) mass is 185 g/mol. The number of hydrogen-bond acceptors (Lipinski definition) is 5. The molecule has 1 aromatic rings. The van der Waals surface area contributed by atoms with Crippen molar-refractivity contribution in [2.24, 2.45) is 12.8 Å². The molecule has 0 aliphatic heterocycles. The summed E-state index contributed by atoms with van der Waals surface area (Å²) in [6.07, 6.45) is -0.139. The summed E-state index contributed by atoms with van der Waals surface area (Å²) in [5, 5.41) is 20.1. The van der Waals surface area contributed by atoms with Crippen LogP contribution in [-0.4, -0.2) is 33.5 Å². The molecule has 0 unspecified atom stereocenters. The smallest absolute Gasteiger partial charge is 0.224 e. The highest BCUT2D eigenvalue weighted by Gasteiger charge is 2.15. The Morgan fingerprint density at radius 3 is 2.77 bits per heavy atom. The zero-order chi connectivity index (χ0) is 9.84. The molecule has 0 aromatic carbocycles. The van der Waals surface area contributed by atoms with Crippen LogP contribution in [0.3, 0.4) is 0 Å². The second-order valence-electron chi connectivity index (χ2n) is 2.78. The van der Waals surface area contributed by atoms with E-state index in [1.165, 1.54) is 0 Å². The first-order chi connectivity index (χ1) is 6.20. The van der Waals surface area contributed by atoms with E-state index in [9.17, 15) is 5.11 Å². The lowest BCUT2D eigenvalue weighted by Gasteiger charge is -2.08. The highest BCUT2D eigenvalue weighted by Crippen LogP contribution is 2.15. The molecule has 1 atom stereocenters. The fraction of sp³-hybridized carbons (Fsp3) is 0.714. The Hall–Kier alpha value is -1.14. The molecule has 6 heteroatoms. The predicted molar refractivity (Wildman–Crippen MR) is 49.2 cm³/mol. The van der Waals surface area contributed by atoms with E-state index in [0.29, 0.717) is 24.7 Å². The van der Waals surface area contributed by atoms with Gasteiger partial charge in [-0.05, 0) is 13.0 Å². The molecule has 0 aliphatic rings. The summed E-state index contributed by atoms with van der Waals surface area (Å²) in [7, 11) is 3.55. The second kappa shape index (κ2) is 4.20. The van der Waals surface area contributed by atoms with Crippen molar-refractivity contribution in [2.75, 3.05) is 18.9 Å². The lowest BCUT2D eigenvalue weighted by molar-refractivity contribution is 0.157. The molecule has 74 valence electrons. The van der Waals surface area contributed by atoms with Crippen molar-refractivity contribution in [3.63, 3.8) is 0 Å². The number of aliphatic hydroxyl groups excluding tert-OH is 1. The molecule has 0 amide bonds. The minimum Gasteiger partial charge on any atom is -0.385 e. The highest BCUT2D eigenvalue weighted by molar-refractivity contribution is 5.24. The standard InChI is InChI=1S/C7H15N5O/c1-9-7-11-10-6(12(7)2)5(13)3-4-8/h5,13H,3-4,8H2,1-2H3,(H,9,11)/t5-/m0/s1. The maximum absolute atomic E-state index is 9.58. The first-order valence-corrected chi connectivity index (χ1v) is 4.16. The molecule has 1 rings (SSSR count). The van der Waals surface area contributed by atoms with Gasteiger partial charge in [0.25, 0.3) is 0 Å². The first kappa shape index (κ1) is 9.94. The maximum atomic E-state index is 9.58. The van der Waals surface area contributed by atoms with Gasteiger partial charge in [0.1, 0.15) is 6.10 Å². The van der Waals surface area contributed by atoms with Crippen LogP contribution < -0.4 is 11.1 Å². The number of nitrogens with two attached hydrogens (primary N) is 1. The summed E-state index contributed by atoms with van der Waals surface area (Å²) < 4.78 is 1.71. The van der Waals surface area contributed by atoms with Gasteiger partial charge in [-0.2, -0.15) is 0 Å². The molecule has 1 heterocycles. The molecule has 4 N–H and O–H groups in total. The Kier molecular flexibility index (Phi) is 3.21. The van der Waals surface area contributed by atoms with Crippen molar-refractivity contribution in [1.82, 2.24) is 14.8 Å². The van der Waals surface area contributed by atoms with Gasteiger partial charge >= 0.3 is 0 Å². The number of nitrogens with zero attached hydrogens (tertiary/aromatic N) is 3. The lowest BCUT2D eigenvalue weighted by Crippen LogP contribution is -2.11. The van der Waals surface area contributed by atoms with Crippen molar-refractivity contribution in [1.29, 1.82) is 0 Å². The van der Waals surface area contributed by atoms with Crippen LogP contribution in [0.1, 0.15) is 18.3 Å². The van der Waals surface area contributed by atoms with E-state index in [1.54, 1.807) is 18.7 Å². The fourth-order valence-electron chi connectivity index (χ4n) is 1.14. The Morgan fingerprint density at radius 1 is 1.62 bits per heavy atom. The SMILES string of the molecule is CNc1nnc([C@@H](O)CCN)n1C. The van der Waals surface area contributed by atoms with Crippen LogP contribution in [0.2, 0.25) is 0 Å². The maximum Gasteiger partial charge on any atom is 0.224 e. The number of hydrogen-bond donors (Lipinski definition) is 3. The van der Waals surface area contributed by atoms with Crippen LogP contribution in [0.25, 0.3) is 0 Å². The van der Waals surface area contributed by atoms with E-state index in [2.05, 4.69) is 15.5 Å². The van der Waals surface area contributed by atoms with Crippen LogP contribution in [-0.2, 0) is 7.05 Å². The van der Waals surface area contributed by atoms with Crippen LogP contribution in [0.15, 0.2) is 0 Å². The van der Waals surface area contributed by atoms with Crippen molar-refractivity contribution in [3.8, 4) is 0 Å². The molecule has 0 radical (unpaired) electrons. The number of anilines is 1. The van der Waals surface area contributed by atoms with Gasteiger partial charge in [-0.1, -0.05) is 0 Å². The van der Waals surface area contributed by atoms with E-state index in [0.717, 1.165) is 0 Å². The van der Waals surface area contributed by atoms with Crippen LogP contribution in [0.4, 0.5) is 5.95 Å². The van der Waals surface area contributed by atoms with Crippen molar-refractivity contribution in [2.45, 2.75) is 12.5 Å². The quantitative estimate of drug-likeness (QED) is 0.573. The molecule has 0 aliphatic carbocycles. The molecule has 0 bridgehead atoms. The van der Waals surface area contributed by atoms with Gasteiger partial charge < -0.3 is 16.2 Å². The minimum absolute atomic E-state index is 0.433.